The first kappa shape index (κ1) is 32.6. The van der Waals surface area contributed by atoms with E-state index in [0.717, 1.165) is 39.7 Å². The van der Waals surface area contributed by atoms with E-state index in [1.807, 2.05) is 6.07 Å². The van der Waals surface area contributed by atoms with Gasteiger partial charge in [-0.1, -0.05) is 131 Å². The Morgan fingerprint density at radius 1 is 0.421 bits per heavy atom. The highest BCUT2D eigenvalue weighted by Gasteiger charge is 2.38. The van der Waals surface area contributed by atoms with Crippen molar-refractivity contribution in [2.24, 2.45) is 0 Å². The minimum absolute atomic E-state index is 0.0621. The minimum Gasteiger partial charge on any atom is -0.456 e. The van der Waals surface area contributed by atoms with Crippen LogP contribution in [-0.4, -0.2) is 9.13 Å². The second-order valence-electron chi connectivity index (χ2n) is 17.5. The Balaban J connectivity index is 1.26. The van der Waals surface area contributed by atoms with Crippen LogP contribution in [0.2, 0.25) is 0 Å². The number of para-hydroxylation sites is 3. The summed E-state index contributed by atoms with van der Waals surface area (Å²) in [6.45, 7) is 9.77. The lowest BCUT2D eigenvalue weighted by Crippen LogP contribution is -2.33. The zero-order valence-corrected chi connectivity index (χ0v) is 32.7. The van der Waals surface area contributed by atoms with Gasteiger partial charge in [0, 0.05) is 43.7 Å². The third-order valence-corrected chi connectivity index (χ3v) is 13.4. The minimum atomic E-state index is 0.0621. The molecule has 3 aromatic heterocycles. The van der Waals surface area contributed by atoms with E-state index in [0.29, 0.717) is 0 Å². The molecule has 1 aliphatic carbocycles. The predicted octanol–water partition coefficient (Wildman–Crippen LogP) is 14.9. The largest absolute Gasteiger partial charge is 0.456 e. The molecule has 11 aromatic rings. The Kier molecular flexibility index (Phi) is 6.58. The first-order valence-corrected chi connectivity index (χ1v) is 20.3. The number of furan rings is 1. The maximum absolute atomic E-state index is 6.31. The van der Waals surface area contributed by atoms with Gasteiger partial charge in [0.25, 0.3) is 0 Å². The summed E-state index contributed by atoms with van der Waals surface area (Å²) in [5.41, 5.74) is 14.5. The molecule has 3 nitrogen and oxygen atoms in total. The third kappa shape index (κ3) is 4.48. The fourth-order valence-corrected chi connectivity index (χ4v) is 10.4. The summed E-state index contributed by atoms with van der Waals surface area (Å²) in [6.07, 6.45) is 2.33. The molecule has 0 amide bonds. The third-order valence-electron chi connectivity index (χ3n) is 13.4. The maximum atomic E-state index is 6.31. The van der Waals surface area contributed by atoms with Crippen molar-refractivity contribution in [1.29, 1.82) is 0 Å². The second-order valence-corrected chi connectivity index (χ2v) is 17.5. The smallest absolute Gasteiger partial charge is 0.136 e. The molecule has 8 aromatic carbocycles. The summed E-state index contributed by atoms with van der Waals surface area (Å²) in [4.78, 5) is 0. The van der Waals surface area contributed by atoms with E-state index in [9.17, 15) is 0 Å². The van der Waals surface area contributed by atoms with Crippen LogP contribution in [0.4, 0.5) is 0 Å². The number of hydrogen-bond donors (Lipinski definition) is 0. The highest BCUT2D eigenvalue weighted by molar-refractivity contribution is 6.36. The molecule has 12 rings (SSSR count). The lowest BCUT2D eigenvalue weighted by atomic mass is 9.63. The summed E-state index contributed by atoms with van der Waals surface area (Å²) >= 11 is 0. The molecule has 0 saturated heterocycles. The molecule has 0 unspecified atom stereocenters. The lowest BCUT2D eigenvalue weighted by molar-refractivity contribution is 0.332. The molecule has 274 valence electrons. The second kappa shape index (κ2) is 11.5. The average molecular weight is 735 g/mol. The molecule has 0 saturated carbocycles. The number of benzene rings is 8. The molecule has 0 spiro atoms. The van der Waals surface area contributed by atoms with Crippen molar-refractivity contribution in [2.45, 2.75) is 51.4 Å². The van der Waals surface area contributed by atoms with E-state index < -0.39 is 0 Å². The van der Waals surface area contributed by atoms with Gasteiger partial charge in [0.15, 0.2) is 0 Å². The Labute approximate surface area is 331 Å². The fourth-order valence-electron chi connectivity index (χ4n) is 10.4. The average Bonchev–Trinajstić information content (AvgIpc) is 3.91. The quantitative estimate of drug-likeness (QED) is 0.177. The van der Waals surface area contributed by atoms with Gasteiger partial charge in [-0.25, -0.2) is 0 Å². The van der Waals surface area contributed by atoms with Gasteiger partial charge in [-0.05, 0) is 111 Å². The Morgan fingerprint density at radius 3 is 1.68 bits per heavy atom. The van der Waals surface area contributed by atoms with Crippen molar-refractivity contribution in [3.63, 3.8) is 0 Å². The van der Waals surface area contributed by atoms with E-state index >= 15 is 0 Å². The molecule has 3 heteroatoms. The molecule has 0 aliphatic heterocycles. The summed E-state index contributed by atoms with van der Waals surface area (Å²) < 4.78 is 11.4. The van der Waals surface area contributed by atoms with Crippen LogP contribution in [0.3, 0.4) is 0 Å². The Morgan fingerprint density at radius 2 is 0.965 bits per heavy atom. The van der Waals surface area contributed by atoms with Crippen LogP contribution in [0.5, 0.6) is 0 Å². The molecule has 0 atom stereocenters. The number of nitrogens with zero attached hydrogens (tertiary/aromatic N) is 2. The zero-order chi connectivity index (χ0) is 38.2. The topological polar surface area (TPSA) is 23.0 Å². The van der Waals surface area contributed by atoms with E-state index in [4.69, 9.17) is 4.42 Å². The van der Waals surface area contributed by atoms with Crippen molar-refractivity contribution in [1.82, 2.24) is 9.13 Å². The predicted molar refractivity (Wildman–Crippen MR) is 241 cm³/mol. The Hall–Kier alpha value is -6.58. The van der Waals surface area contributed by atoms with Crippen molar-refractivity contribution in [3.8, 4) is 22.5 Å². The lowest BCUT2D eigenvalue weighted by Gasteiger charge is -2.42. The van der Waals surface area contributed by atoms with Crippen molar-refractivity contribution < 1.29 is 4.42 Å². The maximum Gasteiger partial charge on any atom is 0.136 e. The van der Waals surface area contributed by atoms with Gasteiger partial charge in [0.2, 0.25) is 0 Å². The number of fused-ring (bicyclic) bond motifs is 14. The number of hydrogen-bond acceptors (Lipinski definition) is 1. The fraction of sp³-hybridized carbons (Fsp3) is 0.148. The molecule has 3 heterocycles. The normalized spacial score (nSPS) is 15.2. The summed E-state index contributed by atoms with van der Waals surface area (Å²) in [5.74, 6) is 0. The summed E-state index contributed by atoms with van der Waals surface area (Å²) in [7, 11) is 0. The van der Waals surface area contributed by atoms with Crippen LogP contribution in [0, 0.1) is 0 Å². The van der Waals surface area contributed by atoms with Crippen LogP contribution >= 0.6 is 0 Å². The molecule has 0 radical (unpaired) electrons. The van der Waals surface area contributed by atoms with E-state index in [1.165, 1.54) is 83.1 Å². The van der Waals surface area contributed by atoms with Gasteiger partial charge < -0.3 is 13.6 Å². The Bertz CT molecular complexity index is 3440. The van der Waals surface area contributed by atoms with Crippen LogP contribution in [0.25, 0.3) is 98.8 Å². The van der Waals surface area contributed by atoms with Crippen molar-refractivity contribution in [3.05, 3.63) is 169 Å². The molecular formula is C54H42N2O. The van der Waals surface area contributed by atoms with Gasteiger partial charge in [-0.3, -0.25) is 0 Å². The summed E-state index contributed by atoms with van der Waals surface area (Å²) in [5, 5.41) is 10.1. The molecule has 0 fully saturated rings. The monoisotopic (exact) mass is 734 g/mol. The van der Waals surface area contributed by atoms with E-state index in [-0.39, 0.29) is 10.8 Å². The van der Waals surface area contributed by atoms with Gasteiger partial charge in [-0.15, -0.1) is 0 Å². The number of aromatic nitrogens is 2. The van der Waals surface area contributed by atoms with Crippen LogP contribution in [0.1, 0.15) is 51.7 Å². The molecular weight excluding hydrogens is 693 g/mol. The first-order chi connectivity index (χ1) is 27.8. The SMILES string of the molecule is CC1(C)CCC(C)(C)c2cc3c(cc21)c1c2ccccc2c2c4ccccc4n(-c4ccccc4)c2c1n3-c1ccc(-c2cccc3oc4ccccc4c23)cc1. The van der Waals surface area contributed by atoms with Crippen molar-refractivity contribution >= 4 is 76.3 Å². The first-order valence-electron chi connectivity index (χ1n) is 20.3. The van der Waals surface area contributed by atoms with Crippen LogP contribution in [0.15, 0.2) is 162 Å². The molecule has 1 aliphatic rings. The van der Waals surface area contributed by atoms with Gasteiger partial charge >= 0.3 is 0 Å². The standard InChI is InChI=1S/C54H42N2O/c1-53(2)29-30-54(3,4)43-32-45-41(31-42(43)53)50-38-18-9-8-17-37(38)49-39-19-10-12-22-44(39)55(34-15-6-5-7-16-34)51(49)52(50)56(45)35-27-25-33(26-28-35)36-21-14-24-47-48(36)40-20-11-13-23-46(40)57-47/h5-28,31-32H,29-30H2,1-4H3. The molecule has 0 bridgehead atoms. The van der Waals surface area contributed by atoms with Crippen molar-refractivity contribution in [2.75, 3.05) is 0 Å². The number of rotatable bonds is 3. The molecule has 57 heavy (non-hydrogen) atoms. The van der Waals surface area contributed by atoms with Gasteiger partial charge in [0.05, 0.1) is 22.1 Å². The van der Waals surface area contributed by atoms with Gasteiger partial charge in [0.1, 0.15) is 11.2 Å². The highest BCUT2D eigenvalue weighted by Crippen LogP contribution is 2.52. The molecule has 0 N–H and O–H groups in total. The van der Waals surface area contributed by atoms with Crippen LogP contribution < -0.4 is 0 Å². The van der Waals surface area contributed by atoms with Gasteiger partial charge in [-0.2, -0.15) is 0 Å². The van der Waals surface area contributed by atoms with E-state index in [1.54, 1.807) is 0 Å². The zero-order valence-electron chi connectivity index (χ0n) is 32.7. The summed E-state index contributed by atoms with van der Waals surface area (Å²) in [6, 6.07) is 58.2. The van der Waals surface area contributed by atoms with Crippen LogP contribution in [-0.2, 0) is 10.8 Å². The highest BCUT2D eigenvalue weighted by atomic mass is 16.3. The van der Waals surface area contributed by atoms with E-state index in [2.05, 4.69) is 188 Å².